The van der Waals surface area contributed by atoms with Gasteiger partial charge in [0.25, 0.3) is 5.91 Å². The van der Waals surface area contributed by atoms with Crippen molar-refractivity contribution in [1.29, 1.82) is 0 Å². The van der Waals surface area contributed by atoms with Crippen molar-refractivity contribution in [1.82, 2.24) is 14.1 Å². The number of amides is 1. The monoisotopic (exact) mass is 415 g/mol. The topological polar surface area (TPSA) is 60.9 Å². The van der Waals surface area contributed by atoms with Gasteiger partial charge in [-0.3, -0.25) is 4.79 Å². The zero-order valence-electron chi connectivity index (χ0n) is 16.6. The zero-order chi connectivity index (χ0) is 20.2. The molecule has 1 saturated carbocycles. The van der Waals surface area contributed by atoms with E-state index in [1.165, 1.54) is 64.4 Å². The molecule has 1 amide bonds. The molecule has 8 heteroatoms. The average Bonchev–Trinajstić information content (AvgIpc) is 2.66. The van der Waals surface area contributed by atoms with Gasteiger partial charge in [0.15, 0.2) is 0 Å². The molecule has 6 nitrogen and oxygen atoms in total. The molecule has 1 aromatic carbocycles. The van der Waals surface area contributed by atoms with Crippen molar-refractivity contribution in [2.24, 2.45) is 0 Å². The Kier molecular flexibility index (Phi) is 7.68. The van der Waals surface area contributed by atoms with Crippen molar-refractivity contribution < 1.29 is 13.2 Å². The third kappa shape index (κ3) is 5.44. The summed E-state index contributed by atoms with van der Waals surface area (Å²) in [5.41, 5.74) is 0.211. The Balaban J connectivity index is 2.07. The molecule has 1 fully saturated rings. The maximum absolute atomic E-state index is 12.8. The van der Waals surface area contributed by atoms with Gasteiger partial charge in [-0.05, 0) is 38.1 Å². The molecule has 0 atom stereocenters. The molecule has 0 saturated heterocycles. The van der Waals surface area contributed by atoms with Crippen LogP contribution in [0.15, 0.2) is 23.1 Å². The summed E-state index contributed by atoms with van der Waals surface area (Å²) in [4.78, 5) is 16.8. The van der Waals surface area contributed by atoms with Crippen molar-refractivity contribution >= 4 is 27.5 Å². The number of benzene rings is 1. The summed E-state index contributed by atoms with van der Waals surface area (Å²) < 4.78 is 25.8. The van der Waals surface area contributed by atoms with Crippen LogP contribution in [-0.4, -0.2) is 75.8 Å². The number of likely N-dealkylation sites (N-methyl/N-ethyl adjacent to an activating group) is 2. The Hall–Kier alpha value is -1.15. The summed E-state index contributed by atoms with van der Waals surface area (Å²) in [5.74, 6) is -0.271. The van der Waals surface area contributed by atoms with Crippen molar-refractivity contribution in [3.63, 3.8) is 0 Å². The van der Waals surface area contributed by atoms with E-state index in [-0.39, 0.29) is 21.4 Å². The van der Waals surface area contributed by atoms with Crippen molar-refractivity contribution in [3.05, 3.63) is 28.8 Å². The van der Waals surface area contributed by atoms with Crippen LogP contribution in [0.1, 0.15) is 42.5 Å². The van der Waals surface area contributed by atoms with E-state index in [0.717, 1.165) is 10.8 Å². The molecular formula is C19H30ClN3O3S. The first-order valence-electron chi connectivity index (χ1n) is 9.32. The summed E-state index contributed by atoms with van der Waals surface area (Å²) in [7, 11) is 3.12. The second-order valence-electron chi connectivity index (χ2n) is 7.43. The summed E-state index contributed by atoms with van der Waals surface area (Å²) in [6.45, 7) is 1.34. The Bertz CT molecular complexity index is 761. The molecular weight excluding hydrogens is 386 g/mol. The minimum atomic E-state index is -3.62. The van der Waals surface area contributed by atoms with Crippen molar-refractivity contribution in [2.45, 2.75) is 43.0 Å². The Morgan fingerprint density at radius 2 is 1.70 bits per heavy atom. The fourth-order valence-electron chi connectivity index (χ4n) is 3.36. The molecule has 0 aliphatic heterocycles. The molecule has 152 valence electrons. The van der Waals surface area contributed by atoms with Crippen LogP contribution in [0, 0.1) is 0 Å². The van der Waals surface area contributed by atoms with Crippen LogP contribution in [-0.2, 0) is 10.0 Å². The lowest BCUT2D eigenvalue weighted by atomic mass is 9.94. The Morgan fingerprint density at radius 3 is 2.30 bits per heavy atom. The lowest BCUT2D eigenvalue weighted by Crippen LogP contribution is -2.40. The number of hydrogen-bond acceptors (Lipinski definition) is 4. The maximum atomic E-state index is 12.8. The summed E-state index contributed by atoms with van der Waals surface area (Å²) in [6, 6.07) is 4.83. The third-order valence-electron chi connectivity index (χ3n) is 5.28. The predicted molar refractivity (Wildman–Crippen MR) is 109 cm³/mol. The second-order valence-corrected chi connectivity index (χ2v) is 9.99. The van der Waals surface area contributed by atoms with Gasteiger partial charge >= 0.3 is 0 Å². The number of halogens is 1. The van der Waals surface area contributed by atoms with Crippen LogP contribution >= 0.6 is 11.6 Å². The van der Waals surface area contributed by atoms with E-state index in [0.29, 0.717) is 12.6 Å². The standard InChI is InChI=1S/C19H30ClN3O3S/c1-21(2)27(25,26)16-10-11-18(20)17(14-16)19(24)23(4)13-12-22(3)15-8-6-5-7-9-15/h10-11,14-15H,5-9,12-13H2,1-4H3. The largest absolute Gasteiger partial charge is 0.340 e. The van der Waals surface area contributed by atoms with Crippen molar-refractivity contribution in [2.75, 3.05) is 41.3 Å². The first-order chi connectivity index (χ1) is 12.6. The van der Waals surface area contributed by atoms with E-state index in [4.69, 9.17) is 11.6 Å². The molecule has 0 spiro atoms. The van der Waals surface area contributed by atoms with E-state index >= 15 is 0 Å². The normalized spacial score (nSPS) is 16.1. The van der Waals surface area contributed by atoms with Gasteiger partial charge in [-0.2, -0.15) is 0 Å². The van der Waals surface area contributed by atoms with Gasteiger partial charge in [0.05, 0.1) is 15.5 Å². The van der Waals surface area contributed by atoms with Crippen molar-refractivity contribution in [3.8, 4) is 0 Å². The smallest absolute Gasteiger partial charge is 0.255 e. The van der Waals surface area contributed by atoms with Gasteiger partial charge in [-0.1, -0.05) is 30.9 Å². The highest BCUT2D eigenvalue weighted by Gasteiger charge is 2.23. The molecule has 2 rings (SSSR count). The van der Waals surface area contributed by atoms with Gasteiger partial charge in [0.1, 0.15) is 0 Å². The molecule has 0 aromatic heterocycles. The zero-order valence-corrected chi connectivity index (χ0v) is 18.2. The molecule has 0 N–H and O–H groups in total. The number of nitrogens with zero attached hydrogens (tertiary/aromatic N) is 3. The number of carbonyl (C=O) groups excluding carboxylic acids is 1. The van der Waals surface area contributed by atoms with Crippen LogP contribution in [0.2, 0.25) is 5.02 Å². The number of rotatable bonds is 7. The number of carbonyl (C=O) groups is 1. The molecule has 1 aliphatic rings. The van der Waals surface area contributed by atoms with Gasteiger partial charge in [-0.25, -0.2) is 12.7 Å². The van der Waals surface area contributed by atoms with Gasteiger partial charge in [0.2, 0.25) is 10.0 Å². The molecule has 27 heavy (non-hydrogen) atoms. The summed E-state index contributed by atoms with van der Waals surface area (Å²) in [6.07, 6.45) is 6.28. The lowest BCUT2D eigenvalue weighted by molar-refractivity contribution is 0.0767. The lowest BCUT2D eigenvalue weighted by Gasteiger charge is -2.32. The van der Waals surface area contributed by atoms with Crippen LogP contribution in [0.25, 0.3) is 0 Å². The van der Waals surface area contributed by atoms with E-state index < -0.39 is 10.0 Å². The molecule has 0 heterocycles. The number of sulfonamides is 1. The van der Waals surface area contributed by atoms with E-state index in [1.807, 2.05) is 0 Å². The minimum absolute atomic E-state index is 0.0629. The Labute approximate surface area is 168 Å². The second kappa shape index (κ2) is 9.37. The highest BCUT2D eigenvalue weighted by molar-refractivity contribution is 7.89. The maximum Gasteiger partial charge on any atom is 0.255 e. The highest BCUT2D eigenvalue weighted by Crippen LogP contribution is 2.24. The van der Waals surface area contributed by atoms with E-state index in [1.54, 1.807) is 11.9 Å². The first-order valence-corrected chi connectivity index (χ1v) is 11.1. The quantitative estimate of drug-likeness (QED) is 0.686. The minimum Gasteiger partial charge on any atom is -0.340 e. The summed E-state index contributed by atoms with van der Waals surface area (Å²) in [5, 5.41) is 0.255. The fraction of sp³-hybridized carbons (Fsp3) is 0.632. The first kappa shape index (κ1) is 22.1. The van der Waals surface area contributed by atoms with Crippen LogP contribution in [0.5, 0.6) is 0 Å². The van der Waals surface area contributed by atoms with Gasteiger partial charge in [-0.15, -0.1) is 0 Å². The van der Waals surface area contributed by atoms with Gasteiger partial charge < -0.3 is 9.80 Å². The number of hydrogen-bond donors (Lipinski definition) is 0. The Morgan fingerprint density at radius 1 is 1.07 bits per heavy atom. The van der Waals surface area contributed by atoms with Crippen LogP contribution in [0.4, 0.5) is 0 Å². The molecule has 0 unspecified atom stereocenters. The third-order valence-corrected chi connectivity index (χ3v) is 7.42. The highest BCUT2D eigenvalue weighted by atomic mass is 35.5. The van der Waals surface area contributed by atoms with Crippen LogP contribution in [0.3, 0.4) is 0 Å². The molecule has 1 aromatic rings. The molecule has 1 aliphatic carbocycles. The predicted octanol–water partition coefficient (Wildman–Crippen LogP) is 2.93. The molecule has 0 radical (unpaired) electrons. The van der Waals surface area contributed by atoms with E-state index in [2.05, 4.69) is 11.9 Å². The molecule has 0 bridgehead atoms. The van der Waals surface area contributed by atoms with E-state index in [9.17, 15) is 13.2 Å². The van der Waals surface area contributed by atoms with Crippen LogP contribution < -0.4 is 0 Å². The van der Waals surface area contributed by atoms with Gasteiger partial charge in [0, 0.05) is 40.3 Å². The fourth-order valence-corrected chi connectivity index (χ4v) is 4.49. The SMILES string of the molecule is CN(CCN(C)C1CCCCC1)C(=O)c1cc(S(=O)(=O)N(C)C)ccc1Cl. The summed E-state index contributed by atoms with van der Waals surface area (Å²) >= 11 is 6.18. The average molecular weight is 416 g/mol.